The summed E-state index contributed by atoms with van der Waals surface area (Å²) in [5, 5.41) is 14.1. The number of unbranched alkanes of at least 4 members (excludes halogenated alkanes) is 1. The summed E-state index contributed by atoms with van der Waals surface area (Å²) in [5.41, 5.74) is 1.12. The molecule has 1 unspecified atom stereocenters. The van der Waals surface area contributed by atoms with Gasteiger partial charge in [-0.3, -0.25) is 14.5 Å². The number of anilines is 1. The average molecular weight is 525 g/mol. The summed E-state index contributed by atoms with van der Waals surface area (Å²) < 4.78 is 6.57. The molecule has 3 heterocycles. The molecule has 2 aromatic carbocycles. The van der Waals surface area contributed by atoms with Crippen LogP contribution in [-0.4, -0.2) is 28.4 Å². The molecule has 1 saturated heterocycles. The first-order valence-electron chi connectivity index (χ1n) is 11.1. The minimum absolute atomic E-state index is 0.0282. The third-order valence-electron chi connectivity index (χ3n) is 5.68. The van der Waals surface area contributed by atoms with Crippen LogP contribution in [0.1, 0.15) is 36.2 Å². The van der Waals surface area contributed by atoms with Crippen molar-refractivity contribution in [1.29, 1.82) is 0 Å². The van der Waals surface area contributed by atoms with Crippen molar-refractivity contribution in [2.24, 2.45) is 0 Å². The lowest BCUT2D eigenvalue weighted by atomic mass is 10.00. The molecule has 1 amide bonds. The number of aliphatic hydroxyl groups excluding tert-OH is 1. The van der Waals surface area contributed by atoms with Gasteiger partial charge in [0.25, 0.3) is 5.78 Å². The summed E-state index contributed by atoms with van der Waals surface area (Å²) in [4.78, 5) is 33.3. The maximum absolute atomic E-state index is 13.3. The van der Waals surface area contributed by atoms with Crippen molar-refractivity contribution in [3.63, 3.8) is 0 Å². The Hall–Kier alpha value is -3.20. The van der Waals surface area contributed by atoms with Crippen LogP contribution in [0.2, 0.25) is 5.02 Å². The van der Waals surface area contributed by atoms with Crippen LogP contribution in [0.5, 0.6) is 5.75 Å². The Kier molecular flexibility index (Phi) is 6.60. The number of thiazole rings is 1. The van der Waals surface area contributed by atoms with E-state index in [0.717, 1.165) is 22.4 Å². The van der Waals surface area contributed by atoms with E-state index in [1.165, 1.54) is 27.6 Å². The number of carbonyl (C=O) groups is 2. The van der Waals surface area contributed by atoms with Crippen molar-refractivity contribution in [3.05, 3.63) is 81.0 Å². The number of carbonyl (C=O) groups excluding carboxylic acids is 2. The fourth-order valence-electron chi connectivity index (χ4n) is 3.96. The molecule has 5 rings (SSSR count). The Labute approximate surface area is 215 Å². The van der Waals surface area contributed by atoms with Gasteiger partial charge >= 0.3 is 5.91 Å². The van der Waals surface area contributed by atoms with Gasteiger partial charge in [-0.15, -0.1) is 11.3 Å². The number of rotatable bonds is 7. The monoisotopic (exact) mass is 524 g/mol. The first-order valence-corrected chi connectivity index (χ1v) is 13.2. The molecule has 9 heteroatoms. The molecule has 2 aromatic heterocycles. The second kappa shape index (κ2) is 9.81. The van der Waals surface area contributed by atoms with E-state index >= 15 is 0 Å². The molecule has 178 valence electrons. The number of thiophene rings is 1. The van der Waals surface area contributed by atoms with Crippen LogP contribution >= 0.6 is 34.3 Å². The Balaban J connectivity index is 1.61. The van der Waals surface area contributed by atoms with Crippen LogP contribution in [-0.2, 0) is 9.59 Å². The number of nitrogens with zero attached hydrogens (tertiary/aromatic N) is 2. The lowest BCUT2D eigenvalue weighted by Gasteiger charge is -2.21. The van der Waals surface area contributed by atoms with E-state index in [4.69, 9.17) is 16.3 Å². The van der Waals surface area contributed by atoms with Crippen LogP contribution in [0.3, 0.4) is 0 Å². The lowest BCUT2D eigenvalue weighted by Crippen LogP contribution is -2.28. The van der Waals surface area contributed by atoms with Gasteiger partial charge in [0.1, 0.15) is 17.6 Å². The van der Waals surface area contributed by atoms with E-state index in [1.54, 1.807) is 42.5 Å². The number of aliphatic hydroxyl groups is 1. The number of ether oxygens (including phenoxy) is 1. The van der Waals surface area contributed by atoms with Crippen molar-refractivity contribution in [3.8, 4) is 5.75 Å². The van der Waals surface area contributed by atoms with Crippen molar-refractivity contribution >= 4 is 67.1 Å². The number of hydrogen-bond donors (Lipinski definition) is 1. The smallest absolute Gasteiger partial charge is 0.301 e. The zero-order chi connectivity index (χ0) is 24.5. The third kappa shape index (κ3) is 4.45. The first kappa shape index (κ1) is 23.5. The molecule has 35 heavy (non-hydrogen) atoms. The SMILES string of the molecule is CCCCOc1cccc(C(O)=C2C(=O)C(=O)N(c3nc4ccc(Cl)cc4s3)C2c2cccs2)c1. The van der Waals surface area contributed by atoms with Gasteiger partial charge < -0.3 is 9.84 Å². The standard InChI is InChI=1S/C26H21ClN2O4S2/c1-2-3-11-33-17-7-4-6-15(13-17)23(30)21-22(19-8-5-12-34-19)29(25(32)24(21)31)26-28-18-10-9-16(27)14-20(18)35-26/h4-10,12-14,22,30H,2-3,11H2,1H3. The number of ketones is 1. The van der Waals surface area contributed by atoms with E-state index in [9.17, 15) is 14.7 Å². The molecule has 1 fully saturated rings. The van der Waals surface area contributed by atoms with Gasteiger partial charge in [-0.2, -0.15) is 0 Å². The number of benzene rings is 2. The summed E-state index contributed by atoms with van der Waals surface area (Å²) in [6.07, 6.45) is 1.91. The zero-order valence-corrected chi connectivity index (χ0v) is 21.1. The van der Waals surface area contributed by atoms with Gasteiger partial charge in [-0.1, -0.05) is 54.5 Å². The minimum Gasteiger partial charge on any atom is -0.507 e. The van der Waals surface area contributed by atoms with Crippen LogP contribution in [0.15, 0.2) is 65.6 Å². The Morgan fingerprint density at radius 3 is 2.80 bits per heavy atom. The number of fused-ring (bicyclic) bond motifs is 1. The second-order valence-electron chi connectivity index (χ2n) is 8.02. The van der Waals surface area contributed by atoms with Crippen molar-refractivity contribution in [2.45, 2.75) is 25.8 Å². The summed E-state index contributed by atoms with van der Waals surface area (Å²) >= 11 is 8.81. The Morgan fingerprint density at radius 1 is 1.17 bits per heavy atom. The van der Waals surface area contributed by atoms with Crippen molar-refractivity contribution in [1.82, 2.24) is 4.98 Å². The predicted molar refractivity (Wildman–Crippen MR) is 141 cm³/mol. The van der Waals surface area contributed by atoms with Crippen molar-refractivity contribution in [2.75, 3.05) is 11.5 Å². The Morgan fingerprint density at radius 2 is 2.03 bits per heavy atom. The van der Waals surface area contributed by atoms with Crippen LogP contribution < -0.4 is 9.64 Å². The molecule has 1 atom stereocenters. The highest BCUT2D eigenvalue weighted by Crippen LogP contribution is 2.45. The molecule has 1 aliphatic heterocycles. The van der Waals surface area contributed by atoms with E-state index in [0.29, 0.717) is 33.6 Å². The predicted octanol–water partition coefficient (Wildman–Crippen LogP) is 6.82. The van der Waals surface area contributed by atoms with Gasteiger partial charge in [-0.05, 0) is 48.2 Å². The molecule has 4 aromatic rings. The van der Waals surface area contributed by atoms with E-state index < -0.39 is 17.7 Å². The first-order chi connectivity index (χ1) is 17.0. The van der Waals surface area contributed by atoms with Gasteiger partial charge in [0.05, 0.1) is 22.4 Å². The summed E-state index contributed by atoms with van der Waals surface area (Å²) in [7, 11) is 0. The van der Waals surface area contributed by atoms with E-state index in [2.05, 4.69) is 11.9 Å². The minimum atomic E-state index is -0.796. The molecule has 0 bridgehead atoms. The summed E-state index contributed by atoms with van der Waals surface area (Å²) in [6.45, 7) is 2.64. The maximum Gasteiger partial charge on any atom is 0.301 e. The fourth-order valence-corrected chi connectivity index (χ4v) is 6.05. The third-order valence-corrected chi connectivity index (χ3v) is 7.85. The largest absolute Gasteiger partial charge is 0.507 e. The molecule has 0 saturated carbocycles. The maximum atomic E-state index is 13.3. The normalized spacial score (nSPS) is 17.4. The fraction of sp³-hybridized carbons (Fsp3) is 0.192. The van der Waals surface area contributed by atoms with Crippen LogP contribution in [0, 0.1) is 0 Å². The molecule has 1 N–H and O–H groups in total. The van der Waals surface area contributed by atoms with Crippen LogP contribution in [0.4, 0.5) is 5.13 Å². The number of halogens is 1. The van der Waals surface area contributed by atoms with Crippen molar-refractivity contribution < 1.29 is 19.4 Å². The number of aromatic nitrogens is 1. The Bertz CT molecular complexity index is 1440. The molecule has 6 nitrogen and oxygen atoms in total. The second-order valence-corrected chi connectivity index (χ2v) is 10.4. The van der Waals surface area contributed by atoms with Gasteiger partial charge in [0.15, 0.2) is 5.13 Å². The number of Topliss-reactive ketones (excluding diaryl/α,β-unsaturated/α-hetero) is 1. The van der Waals surface area contributed by atoms with Gasteiger partial charge in [0.2, 0.25) is 0 Å². The zero-order valence-electron chi connectivity index (χ0n) is 18.7. The van der Waals surface area contributed by atoms with Crippen LogP contribution in [0.25, 0.3) is 16.0 Å². The van der Waals surface area contributed by atoms with E-state index in [1.807, 2.05) is 17.5 Å². The summed E-state index contributed by atoms with van der Waals surface area (Å²) in [5.74, 6) is -1.14. The molecular weight excluding hydrogens is 504 g/mol. The number of amides is 1. The molecule has 0 radical (unpaired) electrons. The molecular formula is C26H21ClN2O4S2. The lowest BCUT2D eigenvalue weighted by molar-refractivity contribution is -0.132. The molecule has 0 spiro atoms. The highest BCUT2D eigenvalue weighted by molar-refractivity contribution is 7.22. The highest BCUT2D eigenvalue weighted by Gasteiger charge is 2.48. The summed E-state index contributed by atoms with van der Waals surface area (Å²) in [6, 6.07) is 15.1. The highest BCUT2D eigenvalue weighted by atomic mass is 35.5. The van der Waals surface area contributed by atoms with E-state index in [-0.39, 0.29) is 11.3 Å². The quantitative estimate of drug-likeness (QED) is 0.124. The van der Waals surface area contributed by atoms with Gasteiger partial charge in [-0.25, -0.2) is 4.98 Å². The topological polar surface area (TPSA) is 79.7 Å². The number of hydrogen-bond acceptors (Lipinski definition) is 7. The average Bonchev–Trinajstić information content (AvgIpc) is 3.58. The van der Waals surface area contributed by atoms with Gasteiger partial charge in [0, 0.05) is 15.5 Å². The molecule has 1 aliphatic rings. The molecule has 0 aliphatic carbocycles.